The minimum atomic E-state index is -0.638. The van der Waals surface area contributed by atoms with E-state index in [0.29, 0.717) is 0 Å². The quantitative estimate of drug-likeness (QED) is 0.570. The summed E-state index contributed by atoms with van der Waals surface area (Å²) in [6.07, 6.45) is 1.50. The molecule has 0 saturated carbocycles. The van der Waals surface area contributed by atoms with E-state index < -0.39 is 6.10 Å². The molecule has 0 aliphatic rings. The van der Waals surface area contributed by atoms with Gasteiger partial charge in [-0.05, 0) is 22.8 Å². The standard InChI is InChI=1S/C22H19NO/c1-23-15-20(18-12-7-8-14-21(18)23)17-11-5-6-13-19(17)22(24)16-9-3-2-4-10-16/h2-15,22,24H,1H3. The highest BCUT2D eigenvalue weighted by Gasteiger charge is 2.17. The van der Waals surface area contributed by atoms with Gasteiger partial charge in [0.15, 0.2) is 0 Å². The Morgan fingerprint density at radius 1 is 0.750 bits per heavy atom. The third kappa shape index (κ3) is 2.41. The topological polar surface area (TPSA) is 25.2 Å². The highest BCUT2D eigenvalue weighted by Crippen LogP contribution is 2.36. The number of aryl methyl sites for hydroxylation is 1. The van der Waals surface area contributed by atoms with Gasteiger partial charge in [-0.15, -0.1) is 0 Å². The van der Waals surface area contributed by atoms with Crippen LogP contribution in [0.1, 0.15) is 17.2 Å². The first-order chi connectivity index (χ1) is 11.8. The molecule has 118 valence electrons. The lowest BCUT2D eigenvalue weighted by Gasteiger charge is -2.16. The van der Waals surface area contributed by atoms with Crippen molar-refractivity contribution in [1.29, 1.82) is 0 Å². The van der Waals surface area contributed by atoms with Crippen LogP contribution in [-0.2, 0) is 7.05 Å². The molecule has 0 fully saturated rings. The third-order valence-corrected chi connectivity index (χ3v) is 4.56. The molecule has 0 aliphatic carbocycles. The van der Waals surface area contributed by atoms with E-state index in [4.69, 9.17) is 0 Å². The van der Waals surface area contributed by atoms with Crippen LogP contribution in [0.15, 0.2) is 85.1 Å². The van der Waals surface area contributed by atoms with Crippen LogP contribution < -0.4 is 0 Å². The molecule has 3 aromatic carbocycles. The van der Waals surface area contributed by atoms with Crippen LogP contribution in [-0.4, -0.2) is 9.67 Å². The number of hydrogen-bond donors (Lipinski definition) is 1. The number of fused-ring (bicyclic) bond motifs is 1. The first kappa shape index (κ1) is 14.7. The molecule has 0 saturated heterocycles. The van der Waals surface area contributed by atoms with Gasteiger partial charge in [-0.25, -0.2) is 0 Å². The van der Waals surface area contributed by atoms with Gasteiger partial charge in [-0.2, -0.15) is 0 Å². The lowest BCUT2D eigenvalue weighted by molar-refractivity contribution is 0.221. The summed E-state index contributed by atoms with van der Waals surface area (Å²) in [6, 6.07) is 26.3. The third-order valence-electron chi connectivity index (χ3n) is 4.56. The first-order valence-electron chi connectivity index (χ1n) is 8.12. The normalized spacial score (nSPS) is 12.4. The van der Waals surface area contributed by atoms with Crippen molar-refractivity contribution in [2.24, 2.45) is 7.05 Å². The summed E-state index contributed by atoms with van der Waals surface area (Å²) in [4.78, 5) is 0. The molecule has 0 amide bonds. The minimum absolute atomic E-state index is 0.638. The van der Waals surface area contributed by atoms with Crippen molar-refractivity contribution >= 4 is 10.9 Å². The molecule has 1 atom stereocenters. The van der Waals surface area contributed by atoms with Crippen molar-refractivity contribution in [3.8, 4) is 11.1 Å². The predicted octanol–water partition coefficient (Wildman–Crippen LogP) is 4.93. The number of aromatic nitrogens is 1. The second-order valence-electron chi connectivity index (χ2n) is 6.07. The highest BCUT2D eigenvalue weighted by molar-refractivity contribution is 5.96. The molecule has 1 N–H and O–H groups in total. The Morgan fingerprint density at radius 2 is 1.42 bits per heavy atom. The highest BCUT2D eigenvalue weighted by atomic mass is 16.3. The number of rotatable bonds is 3. The van der Waals surface area contributed by atoms with Crippen molar-refractivity contribution in [2.75, 3.05) is 0 Å². The van der Waals surface area contributed by atoms with Crippen molar-refractivity contribution in [3.63, 3.8) is 0 Å². The van der Waals surface area contributed by atoms with Crippen molar-refractivity contribution in [1.82, 2.24) is 4.57 Å². The first-order valence-corrected chi connectivity index (χ1v) is 8.12. The summed E-state index contributed by atoms with van der Waals surface area (Å²) < 4.78 is 2.14. The van der Waals surface area contributed by atoms with Crippen LogP contribution in [0.2, 0.25) is 0 Å². The Hall–Kier alpha value is -2.84. The van der Waals surface area contributed by atoms with Gasteiger partial charge < -0.3 is 9.67 Å². The Kier molecular flexibility index (Phi) is 3.68. The molecule has 24 heavy (non-hydrogen) atoms. The van der Waals surface area contributed by atoms with E-state index in [1.807, 2.05) is 48.5 Å². The fourth-order valence-electron chi connectivity index (χ4n) is 3.35. The molecule has 1 unspecified atom stereocenters. The fraction of sp³-hybridized carbons (Fsp3) is 0.0909. The average Bonchev–Trinajstić information content (AvgIpc) is 2.99. The number of aliphatic hydroxyl groups excluding tert-OH is 1. The van der Waals surface area contributed by atoms with E-state index in [2.05, 4.69) is 48.1 Å². The predicted molar refractivity (Wildman–Crippen MR) is 98.9 cm³/mol. The van der Waals surface area contributed by atoms with Crippen LogP contribution >= 0.6 is 0 Å². The maximum atomic E-state index is 10.9. The van der Waals surface area contributed by atoms with Crippen LogP contribution in [0.4, 0.5) is 0 Å². The molecule has 0 bridgehead atoms. The van der Waals surface area contributed by atoms with Gasteiger partial charge in [-0.1, -0.05) is 72.8 Å². The zero-order valence-corrected chi connectivity index (χ0v) is 13.6. The molecule has 4 rings (SSSR count). The summed E-state index contributed by atoms with van der Waals surface area (Å²) in [5.74, 6) is 0. The molecular formula is C22H19NO. The van der Waals surface area contributed by atoms with E-state index in [-0.39, 0.29) is 0 Å². The van der Waals surface area contributed by atoms with E-state index in [1.165, 1.54) is 10.9 Å². The zero-order chi connectivity index (χ0) is 16.5. The molecule has 2 heteroatoms. The van der Waals surface area contributed by atoms with Gasteiger partial charge in [0.1, 0.15) is 6.10 Å². The molecule has 0 radical (unpaired) electrons. The second-order valence-corrected chi connectivity index (χ2v) is 6.07. The van der Waals surface area contributed by atoms with Gasteiger partial charge in [0.05, 0.1) is 0 Å². The van der Waals surface area contributed by atoms with Gasteiger partial charge >= 0.3 is 0 Å². The maximum Gasteiger partial charge on any atom is 0.105 e. The maximum absolute atomic E-state index is 10.9. The Bertz CT molecular complexity index is 985. The summed E-state index contributed by atoms with van der Waals surface area (Å²) >= 11 is 0. The van der Waals surface area contributed by atoms with Crippen LogP contribution in [0.5, 0.6) is 0 Å². The molecule has 0 spiro atoms. The SMILES string of the molecule is Cn1cc(-c2ccccc2C(O)c2ccccc2)c2ccccc21. The molecular weight excluding hydrogens is 294 g/mol. The number of hydrogen-bond acceptors (Lipinski definition) is 1. The Labute approximate surface area is 141 Å². The molecule has 1 heterocycles. The number of benzene rings is 3. The van der Waals surface area contributed by atoms with Crippen LogP contribution in [0, 0.1) is 0 Å². The summed E-state index contributed by atoms with van der Waals surface area (Å²) in [5.41, 5.74) is 5.26. The summed E-state index contributed by atoms with van der Waals surface area (Å²) in [7, 11) is 2.06. The van der Waals surface area contributed by atoms with Gasteiger partial charge in [0.2, 0.25) is 0 Å². The largest absolute Gasteiger partial charge is 0.384 e. The van der Waals surface area contributed by atoms with Gasteiger partial charge in [-0.3, -0.25) is 0 Å². The number of nitrogens with zero attached hydrogens (tertiary/aromatic N) is 1. The van der Waals surface area contributed by atoms with E-state index in [1.54, 1.807) is 0 Å². The average molecular weight is 313 g/mol. The molecule has 4 aromatic rings. The summed E-state index contributed by atoms with van der Waals surface area (Å²) in [6.45, 7) is 0. The minimum Gasteiger partial charge on any atom is -0.384 e. The Balaban J connectivity index is 1.91. The van der Waals surface area contributed by atoms with Gasteiger partial charge in [0, 0.05) is 29.7 Å². The lowest BCUT2D eigenvalue weighted by Crippen LogP contribution is -2.01. The number of aliphatic hydroxyl groups is 1. The zero-order valence-electron chi connectivity index (χ0n) is 13.6. The molecule has 1 aromatic heterocycles. The van der Waals surface area contributed by atoms with Crippen LogP contribution in [0.25, 0.3) is 22.0 Å². The van der Waals surface area contributed by atoms with Crippen molar-refractivity contribution in [3.05, 3.63) is 96.2 Å². The van der Waals surface area contributed by atoms with E-state index in [9.17, 15) is 5.11 Å². The summed E-state index contributed by atoms with van der Waals surface area (Å²) in [5, 5.41) is 12.1. The monoisotopic (exact) mass is 313 g/mol. The molecule has 0 aliphatic heterocycles. The van der Waals surface area contributed by atoms with Gasteiger partial charge in [0.25, 0.3) is 0 Å². The van der Waals surface area contributed by atoms with E-state index >= 15 is 0 Å². The van der Waals surface area contributed by atoms with Crippen molar-refractivity contribution in [2.45, 2.75) is 6.10 Å². The second kappa shape index (κ2) is 5.99. The van der Waals surface area contributed by atoms with E-state index in [0.717, 1.165) is 22.3 Å². The fourth-order valence-corrected chi connectivity index (χ4v) is 3.35. The lowest BCUT2D eigenvalue weighted by atomic mass is 9.92. The smallest absolute Gasteiger partial charge is 0.105 e. The molecule has 2 nitrogen and oxygen atoms in total. The van der Waals surface area contributed by atoms with Crippen molar-refractivity contribution < 1.29 is 5.11 Å². The number of para-hydroxylation sites is 1. The van der Waals surface area contributed by atoms with Crippen LogP contribution in [0.3, 0.4) is 0 Å². The Morgan fingerprint density at radius 3 is 2.25 bits per heavy atom.